The van der Waals surface area contributed by atoms with Gasteiger partial charge in [0.15, 0.2) is 11.5 Å². The fourth-order valence-corrected chi connectivity index (χ4v) is 4.02. The monoisotopic (exact) mass is 456 g/mol. The average molecular weight is 457 g/mol. The largest absolute Gasteiger partial charge is 0.493 e. The maximum atomic E-state index is 6.17. The van der Waals surface area contributed by atoms with Gasteiger partial charge in [-0.2, -0.15) is 0 Å². The second-order valence-electron chi connectivity index (χ2n) is 8.41. The van der Waals surface area contributed by atoms with Gasteiger partial charge in [-0.05, 0) is 73.7 Å². The topological polar surface area (TPSA) is 45.5 Å². The third kappa shape index (κ3) is 5.42. The molecule has 5 heteroatoms. The van der Waals surface area contributed by atoms with Crippen molar-refractivity contribution in [3.63, 3.8) is 0 Å². The van der Waals surface area contributed by atoms with Crippen LogP contribution in [-0.2, 0) is 19.6 Å². The number of imidazole rings is 1. The summed E-state index contributed by atoms with van der Waals surface area (Å²) in [4.78, 5) is 4.84. The van der Waals surface area contributed by atoms with Crippen LogP contribution in [0, 0.1) is 13.8 Å². The summed E-state index contributed by atoms with van der Waals surface area (Å²) in [6, 6.07) is 20.5. The maximum absolute atomic E-state index is 6.17. The molecule has 4 aromatic rings. The Morgan fingerprint density at radius 2 is 1.79 bits per heavy atom. The van der Waals surface area contributed by atoms with Crippen molar-refractivity contribution in [2.24, 2.45) is 0 Å². The molecule has 0 bridgehead atoms. The Bertz CT molecular complexity index is 1280. The SMILES string of the molecule is C=CCc1ccc(OCCCn2c(COc3cc(C)ccc3C)nc3ccccc32)c(OC)c1. The van der Waals surface area contributed by atoms with E-state index in [0.29, 0.717) is 13.2 Å². The van der Waals surface area contributed by atoms with Crippen LogP contribution in [0.15, 0.2) is 73.3 Å². The van der Waals surface area contributed by atoms with E-state index < -0.39 is 0 Å². The first-order valence-corrected chi connectivity index (χ1v) is 11.6. The predicted octanol–water partition coefficient (Wildman–Crippen LogP) is 6.44. The van der Waals surface area contributed by atoms with Crippen molar-refractivity contribution in [1.82, 2.24) is 9.55 Å². The zero-order valence-corrected chi connectivity index (χ0v) is 20.2. The van der Waals surface area contributed by atoms with Crippen molar-refractivity contribution in [1.29, 1.82) is 0 Å². The van der Waals surface area contributed by atoms with Crippen molar-refractivity contribution < 1.29 is 14.2 Å². The van der Waals surface area contributed by atoms with Crippen LogP contribution in [0.1, 0.15) is 28.9 Å². The Morgan fingerprint density at radius 3 is 2.62 bits per heavy atom. The summed E-state index contributed by atoms with van der Waals surface area (Å²) in [6.45, 7) is 9.70. The molecule has 3 aromatic carbocycles. The van der Waals surface area contributed by atoms with Gasteiger partial charge in [-0.3, -0.25) is 0 Å². The van der Waals surface area contributed by atoms with Gasteiger partial charge in [0.05, 0.1) is 24.8 Å². The van der Waals surface area contributed by atoms with Crippen LogP contribution in [0.25, 0.3) is 11.0 Å². The van der Waals surface area contributed by atoms with E-state index >= 15 is 0 Å². The van der Waals surface area contributed by atoms with Gasteiger partial charge in [-0.25, -0.2) is 4.98 Å². The maximum Gasteiger partial charge on any atom is 0.161 e. The molecule has 0 atom stereocenters. The third-order valence-corrected chi connectivity index (χ3v) is 5.83. The van der Waals surface area contributed by atoms with E-state index in [9.17, 15) is 0 Å². The predicted molar refractivity (Wildman–Crippen MR) is 137 cm³/mol. The molecule has 0 aliphatic carbocycles. The second-order valence-corrected chi connectivity index (χ2v) is 8.41. The molecule has 5 nitrogen and oxygen atoms in total. The van der Waals surface area contributed by atoms with Gasteiger partial charge in [0, 0.05) is 6.54 Å². The number of allylic oxidation sites excluding steroid dienone is 1. The van der Waals surface area contributed by atoms with Crippen LogP contribution < -0.4 is 14.2 Å². The third-order valence-electron chi connectivity index (χ3n) is 5.83. The number of para-hydroxylation sites is 2. The fourth-order valence-electron chi connectivity index (χ4n) is 4.02. The Labute approximate surface area is 201 Å². The lowest BCUT2D eigenvalue weighted by atomic mass is 10.1. The number of fused-ring (bicyclic) bond motifs is 1. The first-order valence-electron chi connectivity index (χ1n) is 11.6. The Hall–Kier alpha value is -3.73. The summed E-state index contributed by atoms with van der Waals surface area (Å²) < 4.78 is 20.0. The quantitative estimate of drug-likeness (QED) is 0.192. The number of methoxy groups -OCH3 is 1. The van der Waals surface area contributed by atoms with Crippen LogP contribution in [-0.4, -0.2) is 23.3 Å². The Kier molecular flexibility index (Phi) is 7.53. The molecule has 0 aliphatic heterocycles. The minimum absolute atomic E-state index is 0.415. The van der Waals surface area contributed by atoms with E-state index in [1.54, 1.807) is 7.11 Å². The molecule has 0 saturated heterocycles. The van der Waals surface area contributed by atoms with Crippen molar-refractivity contribution >= 4 is 11.0 Å². The van der Waals surface area contributed by atoms with Crippen molar-refractivity contribution in [3.8, 4) is 17.2 Å². The molecule has 0 N–H and O–H groups in total. The summed E-state index contributed by atoms with van der Waals surface area (Å²) in [5, 5.41) is 0. The molecule has 0 spiro atoms. The van der Waals surface area contributed by atoms with E-state index in [4.69, 9.17) is 19.2 Å². The lowest BCUT2D eigenvalue weighted by molar-refractivity contribution is 0.272. The lowest BCUT2D eigenvalue weighted by Gasteiger charge is -2.14. The highest BCUT2D eigenvalue weighted by Crippen LogP contribution is 2.29. The molecule has 34 heavy (non-hydrogen) atoms. The van der Waals surface area contributed by atoms with Gasteiger partial charge >= 0.3 is 0 Å². The Morgan fingerprint density at radius 1 is 0.941 bits per heavy atom. The van der Waals surface area contributed by atoms with Crippen LogP contribution in [0.3, 0.4) is 0 Å². The van der Waals surface area contributed by atoms with Crippen molar-refractivity contribution in [2.45, 2.75) is 39.8 Å². The van der Waals surface area contributed by atoms with E-state index in [1.165, 1.54) is 5.56 Å². The van der Waals surface area contributed by atoms with Gasteiger partial charge in [-0.1, -0.05) is 36.4 Å². The molecule has 0 unspecified atom stereocenters. The minimum atomic E-state index is 0.415. The van der Waals surface area contributed by atoms with Gasteiger partial charge in [0.1, 0.15) is 18.2 Å². The smallest absolute Gasteiger partial charge is 0.161 e. The number of ether oxygens (including phenoxy) is 3. The van der Waals surface area contributed by atoms with E-state index in [2.05, 4.69) is 49.3 Å². The molecule has 0 radical (unpaired) electrons. The van der Waals surface area contributed by atoms with Gasteiger partial charge in [0.25, 0.3) is 0 Å². The molecular weight excluding hydrogens is 424 g/mol. The zero-order chi connectivity index (χ0) is 23.9. The number of aromatic nitrogens is 2. The van der Waals surface area contributed by atoms with Gasteiger partial charge < -0.3 is 18.8 Å². The number of aryl methyl sites for hydroxylation is 3. The van der Waals surface area contributed by atoms with E-state index in [0.717, 1.165) is 64.6 Å². The molecule has 0 aliphatic rings. The lowest BCUT2D eigenvalue weighted by Crippen LogP contribution is -2.10. The number of hydrogen-bond acceptors (Lipinski definition) is 4. The van der Waals surface area contributed by atoms with Crippen molar-refractivity contribution in [3.05, 3.63) is 95.8 Å². The summed E-state index contributed by atoms with van der Waals surface area (Å²) >= 11 is 0. The first-order chi connectivity index (χ1) is 16.6. The van der Waals surface area contributed by atoms with Crippen LogP contribution >= 0.6 is 0 Å². The van der Waals surface area contributed by atoms with E-state index in [-0.39, 0.29) is 0 Å². The van der Waals surface area contributed by atoms with Gasteiger partial charge in [-0.15, -0.1) is 6.58 Å². The van der Waals surface area contributed by atoms with Crippen LogP contribution in [0.4, 0.5) is 0 Å². The number of hydrogen-bond donors (Lipinski definition) is 0. The normalized spacial score (nSPS) is 10.9. The average Bonchev–Trinajstić information content (AvgIpc) is 3.20. The highest BCUT2D eigenvalue weighted by Gasteiger charge is 2.12. The first kappa shape index (κ1) is 23.4. The molecule has 0 amide bonds. The number of nitrogens with zero attached hydrogens (tertiary/aromatic N) is 2. The minimum Gasteiger partial charge on any atom is -0.493 e. The summed E-state index contributed by atoms with van der Waals surface area (Å²) in [5.74, 6) is 3.31. The fraction of sp³-hybridized carbons (Fsp3) is 0.276. The molecule has 1 heterocycles. The summed E-state index contributed by atoms with van der Waals surface area (Å²) in [6.07, 6.45) is 3.51. The standard InChI is InChI=1S/C29H32N2O3/c1-5-9-23-14-15-26(28(19-23)32-4)33-17-8-16-31-25-11-7-6-10-24(25)30-29(31)20-34-27-18-21(2)12-13-22(27)3/h5-7,10-15,18-19H,1,8-9,16-17,20H2,2-4H3. The zero-order valence-electron chi connectivity index (χ0n) is 20.2. The number of benzene rings is 3. The number of rotatable bonds is 11. The highest BCUT2D eigenvalue weighted by atomic mass is 16.5. The molecular formula is C29H32N2O3. The second kappa shape index (κ2) is 10.9. The molecule has 1 aromatic heterocycles. The Balaban J connectivity index is 1.44. The van der Waals surface area contributed by atoms with Crippen molar-refractivity contribution in [2.75, 3.05) is 13.7 Å². The molecule has 0 fully saturated rings. The van der Waals surface area contributed by atoms with Gasteiger partial charge in [0.2, 0.25) is 0 Å². The molecule has 4 rings (SSSR count). The van der Waals surface area contributed by atoms with Crippen LogP contribution in [0.2, 0.25) is 0 Å². The van der Waals surface area contributed by atoms with E-state index in [1.807, 2.05) is 42.5 Å². The molecule has 176 valence electrons. The highest BCUT2D eigenvalue weighted by molar-refractivity contribution is 5.75. The van der Waals surface area contributed by atoms with Crippen LogP contribution in [0.5, 0.6) is 17.2 Å². The molecule has 0 saturated carbocycles. The summed E-state index contributed by atoms with van der Waals surface area (Å²) in [7, 11) is 1.67. The summed E-state index contributed by atoms with van der Waals surface area (Å²) in [5.41, 5.74) is 5.53.